The number of piperidine rings is 1. The first-order chi connectivity index (χ1) is 15.1. The minimum Gasteiger partial charge on any atom is -0.355 e. The van der Waals surface area contributed by atoms with Gasteiger partial charge in [0.25, 0.3) is 0 Å². The average Bonchev–Trinajstić information content (AvgIpc) is 3.08. The molecule has 31 heavy (non-hydrogen) atoms. The summed E-state index contributed by atoms with van der Waals surface area (Å²) in [6.07, 6.45) is 12.6. The second-order valence-corrected chi connectivity index (χ2v) is 10.3. The number of nitriles is 1. The number of anilines is 2. The lowest BCUT2D eigenvalue weighted by molar-refractivity contribution is 0.105. The lowest BCUT2D eigenvalue weighted by atomic mass is 9.99. The number of aromatic nitrogens is 2. The molecule has 4 rings (SSSR count). The molecule has 1 saturated heterocycles. The number of allylic oxidation sites excluding steroid dienone is 4. The third-order valence-corrected chi connectivity index (χ3v) is 8.41. The zero-order chi connectivity index (χ0) is 22.0. The van der Waals surface area contributed by atoms with Crippen molar-refractivity contribution < 1.29 is 0 Å². The summed E-state index contributed by atoms with van der Waals surface area (Å²) in [4.78, 5) is 14.8. The van der Waals surface area contributed by atoms with Gasteiger partial charge in [-0.15, -0.1) is 0 Å². The van der Waals surface area contributed by atoms with Crippen molar-refractivity contribution in [2.24, 2.45) is 5.92 Å². The van der Waals surface area contributed by atoms with Crippen LogP contribution in [-0.4, -0.2) is 46.6 Å². The minimum atomic E-state index is 0.0304. The molecule has 0 amide bonds. The second kappa shape index (κ2) is 9.85. The lowest BCUT2D eigenvalue weighted by Crippen LogP contribution is -2.41. The first kappa shape index (κ1) is 22.5. The Labute approximate surface area is 199 Å². The molecule has 2 atom stereocenters. The summed E-state index contributed by atoms with van der Waals surface area (Å²) < 4.78 is 2.25. The van der Waals surface area contributed by atoms with Gasteiger partial charge < -0.3 is 9.80 Å². The molecule has 1 aromatic heterocycles. The summed E-state index contributed by atoms with van der Waals surface area (Å²) >= 11 is 2.43. The van der Waals surface area contributed by atoms with Crippen molar-refractivity contribution in [3.63, 3.8) is 0 Å². The fraction of sp³-hybridized carbons (Fsp3) is 0.500. The molecule has 9 heteroatoms. The van der Waals surface area contributed by atoms with E-state index in [1.54, 1.807) is 0 Å². The van der Waals surface area contributed by atoms with Crippen LogP contribution in [0.1, 0.15) is 44.5 Å². The monoisotopic (exact) mass is 549 g/mol. The van der Waals surface area contributed by atoms with Crippen molar-refractivity contribution in [3.8, 4) is 6.07 Å². The van der Waals surface area contributed by atoms with Gasteiger partial charge in [-0.25, -0.2) is 9.97 Å². The van der Waals surface area contributed by atoms with E-state index in [-0.39, 0.29) is 12.1 Å². The Balaban J connectivity index is 1.67. The van der Waals surface area contributed by atoms with Gasteiger partial charge in [0.1, 0.15) is 17.7 Å². The first-order valence-corrected chi connectivity index (χ1v) is 14.8. The molecule has 164 valence electrons. The van der Waals surface area contributed by atoms with Gasteiger partial charge in [0.05, 0.1) is 18.6 Å². The van der Waals surface area contributed by atoms with Crippen molar-refractivity contribution in [1.82, 2.24) is 19.9 Å². The summed E-state index contributed by atoms with van der Waals surface area (Å²) in [6, 6.07) is 2.40. The molecule has 0 saturated carbocycles. The zero-order valence-corrected chi connectivity index (χ0v) is 21.3. The number of halogens is 1. The van der Waals surface area contributed by atoms with Crippen LogP contribution in [0.25, 0.3) is 0 Å². The Kier molecular flexibility index (Phi) is 7.15. The standard InChI is InChI=1S/C22H29IN7P/c1-4-5-8-18-16(2)7-6-11-29(18)22-20-21(30(31-23)27(22)3)26-19(15-25-20)28-12-9-17(14-24)10-13-28/h4-5,8,15,17,22,31H,1,6-7,9-13H2,2-3H3/b8-5-. The summed E-state index contributed by atoms with van der Waals surface area (Å²) in [5.41, 5.74) is 3.68. The van der Waals surface area contributed by atoms with Gasteiger partial charge in [0.2, 0.25) is 0 Å². The molecule has 3 aliphatic rings. The van der Waals surface area contributed by atoms with Crippen molar-refractivity contribution in [3.05, 3.63) is 48.0 Å². The van der Waals surface area contributed by atoms with Gasteiger partial charge in [0.15, 0.2) is 5.82 Å². The van der Waals surface area contributed by atoms with Gasteiger partial charge in [-0.3, -0.25) is 4.78 Å². The van der Waals surface area contributed by atoms with E-state index in [4.69, 9.17) is 9.97 Å². The van der Waals surface area contributed by atoms with Gasteiger partial charge >= 0.3 is 0 Å². The van der Waals surface area contributed by atoms with Crippen LogP contribution in [0, 0.1) is 17.2 Å². The van der Waals surface area contributed by atoms with Gasteiger partial charge in [-0.1, -0.05) is 18.7 Å². The molecule has 0 aromatic carbocycles. The summed E-state index contributed by atoms with van der Waals surface area (Å²) in [5, 5.41) is 11.5. The maximum atomic E-state index is 9.19. The predicted octanol–water partition coefficient (Wildman–Crippen LogP) is 4.94. The number of fused-ring (bicyclic) bond motifs is 1. The quantitative estimate of drug-likeness (QED) is 0.293. The number of hydrogen-bond acceptors (Lipinski definition) is 7. The van der Waals surface area contributed by atoms with E-state index in [1.807, 2.05) is 18.3 Å². The fourth-order valence-corrected chi connectivity index (χ4v) is 6.83. The molecule has 0 bridgehead atoms. The average molecular weight is 549 g/mol. The molecule has 3 aliphatic heterocycles. The third kappa shape index (κ3) is 4.33. The number of rotatable bonds is 5. The molecule has 2 unspecified atom stereocenters. The van der Waals surface area contributed by atoms with Crippen LogP contribution in [-0.2, 0) is 0 Å². The van der Waals surface area contributed by atoms with Crippen molar-refractivity contribution >= 4 is 40.1 Å². The minimum absolute atomic E-state index is 0.0304. The number of hydrazine groups is 1. The first-order valence-electron chi connectivity index (χ1n) is 10.7. The molecule has 7 nitrogen and oxygen atoms in total. The van der Waals surface area contributed by atoms with Crippen LogP contribution >= 0.6 is 28.4 Å². The number of nitrogens with zero attached hydrogens (tertiary/aromatic N) is 7. The van der Waals surface area contributed by atoms with E-state index in [2.05, 4.69) is 74.3 Å². The number of hydrogen-bond donors (Lipinski definition) is 0. The van der Waals surface area contributed by atoms with E-state index in [9.17, 15) is 5.26 Å². The third-order valence-electron chi connectivity index (χ3n) is 6.35. The predicted molar refractivity (Wildman–Crippen MR) is 136 cm³/mol. The van der Waals surface area contributed by atoms with Crippen molar-refractivity contribution in [2.75, 3.05) is 36.4 Å². The molecular weight excluding hydrogens is 520 g/mol. The Bertz CT molecular complexity index is 932. The fourth-order valence-electron chi connectivity index (χ4n) is 4.65. The SMILES string of the molecule is C=C/C=C\C1=C(C)CCCN1C1c2ncc(N3CCC(C#N)CC3)nc2N(PI)N1C. The van der Waals surface area contributed by atoms with Crippen LogP contribution in [0.15, 0.2) is 42.3 Å². The Morgan fingerprint density at radius 2 is 2.10 bits per heavy atom. The van der Waals surface area contributed by atoms with Crippen LogP contribution in [0.5, 0.6) is 0 Å². The topological polar surface area (TPSA) is 62.5 Å². The Hall–Kier alpha value is -1.69. The van der Waals surface area contributed by atoms with E-state index in [1.165, 1.54) is 11.3 Å². The van der Waals surface area contributed by atoms with E-state index in [0.717, 1.165) is 62.6 Å². The van der Waals surface area contributed by atoms with E-state index >= 15 is 0 Å². The van der Waals surface area contributed by atoms with Crippen LogP contribution in [0.2, 0.25) is 0 Å². The summed E-state index contributed by atoms with van der Waals surface area (Å²) in [6.45, 7) is 8.78. The van der Waals surface area contributed by atoms with Crippen molar-refractivity contribution in [2.45, 2.75) is 38.8 Å². The Morgan fingerprint density at radius 1 is 1.32 bits per heavy atom. The van der Waals surface area contributed by atoms with Crippen LogP contribution in [0.3, 0.4) is 0 Å². The Morgan fingerprint density at radius 3 is 2.77 bits per heavy atom. The van der Waals surface area contributed by atoms with E-state index in [0.29, 0.717) is 6.37 Å². The zero-order valence-electron chi connectivity index (χ0n) is 18.1. The smallest absolute Gasteiger partial charge is 0.174 e. The molecule has 0 radical (unpaired) electrons. The molecule has 0 N–H and O–H groups in total. The van der Waals surface area contributed by atoms with Gasteiger partial charge in [0, 0.05) is 38.3 Å². The molecular formula is C22H29IN7P. The van der Waals surface area contributed by atoms with Crippen molar-refractivity contribution in [1.29, 1.82) is 5.26 Å². The highest BCUT2D eigenvalue weighted by Gasteiger charge is 2.42. The van der Waals surface area contributed by atoms with Gasteiger partial charge in [-0.2, -0.15) is 10.3 Å². The molecule has 4 heterocycles. The van der Waals surface area contributed by atoms with Gasteiger partial charge in [-0.05, 0) is 66.3 Å². The van der Waals surface area contributed by atoms with Crippen LogP contribution in [0.4, 0.5) is 11.6 Å². The summed E-state index contributed by atoms with van der Waals surface area (Å²) in [5.74, 6) is 2.04. The molecule has 0 aliphatic carbocycles. The highest BCUT2D eigenvalue weighted by molar-refractivity contribution is 14.2. The molecule has 1 aromatic rings. The highest BCUT2D eigenvalue weighted by atomic mass is 127. The second-order valence-electron chi connectivity index (χ2n) is 8.23. The normalized spacial score (nSPS) is 23.3. The van der Waals surface area contributed by atoms with E-state index < -0.39 is 0 Å². The molecule has 0 spiro atoms. The largest absolute Gasteiger partial charge is 0.355 e. The molecule has 1 fully saturated rings. The maximum Gasteiger partial charge on any atom is 0.174 e. The lowest BCUT2D eigenvalue weighted by Gasteiger charge is -2.40. The maximum absolute atomic E-state index is 9.19. The highest BCUT2D eigenvalue weighted by Crippen LogP contribution is 2.48. The summed E-state index contributed by atoms with van der Waals surface area (Å²) in [7, 11) is 2.14. The van der Waals surface area contributed by atoms with Crippen LogP contribution < -0.4 is 9.68 Å².